The summed E-state index contributed by atoms with van der Waals surface area (Å²) in [5.41, 5.74) is 2.88. The maximum Gasteiger partial charge on any atom is 0.126 e. The number of rotatable bonds is 2. The number of hydrogen-bond acceptors (Lipinski definition) is 2. The number of fused-ring (bicyclic) bond motifs is 1. The van der Waals surface area contributed by atoms with Gasteiger partial charge in [-0.25, -0.2) is 4.39 Å². The Labute approximate surface area is 111 Å². The van der Waals surface area contributed by atoms with Crippen molar-refractivity contribution in [2.75, 3.05) is 13.7 Å². The van der Waals surface area contributed by atoms with E-state index in [1.54, 1.807) is 13.2 Å². The molecule has 0 N–H and O–H groups in total. The summed E-state index contributed by atoms with van der Waals surface area (Å²) in [5, 5.41) is 0. The molecule has 0 fully saturated rings. The molecule has 19 heavy (non-hydrogen) atoms. The third kappa shape index (κ3) is 2.28. The molecule has 0 aromatic heterocycles. The maximum atomic E-state index is 13.4. The Bertz CT molecular complexity index is 608. The van der Waals surface area contributed by atoms with Crippen LogP contribution in [0.5, 0.6) is 11.5 Å². The van der Waals surface area contributed by atoms with Crippen molar-refractivity contribution in [2.45, 2.75) is 12.8 Å². The second-order valence-corrected chi connectivity index (χ2v) is 4.62. The lowest BCUT2D eigenvalue weighted by atomic mass is 9.99. The largest absolute Gasteiger partial charge is 0.496 e. The second-order valence-electron chi connectivity index (χ2n) is 4.62. The first-order chi connectivity index (χ1) is 9.28. The van der Waals surface area contributed by atoms with Crippen LogP contribution >= 0.6 is 0 Å². The predicted molar refractivity (Wildman–Crippen MR) is 72.2 cm³/mol. The van der Waals surface area contributed by atoms with E-state index in [-0.39, 0.29) is 5.82 Å². The van der Waals surface area contributed by atoms with E-state index in [1.165, 1.54) is 17.7 Å². The number of ether oxygens (including phenoxy) is 2. The van der Waals surface area contributed by atoms with Crippen LogP contribution < -0.4 is 9.47 Å². The van der Waals surface area contributed by atoms with Gasteiger partial charge in [0.05, 0.1) is 13.7 Å². The minimum absolute atomic E-state index is 0.269. The quantitative estimate of drug-likeness (QED) is 0.815. The molecular formula is C16H15FO2. The van der Waals surface area contributed by atoms with E-state index in [9.17, 15) is 4.39 Å². The minimum atomic E-state index is -0.269. The van der Waals surface area contributed by atoms with Crippen LogP contribution in [0.25, 0.3) is 11.1 Å². The molecule has 2 nitrogen and oxygen atoms in total. The van der Waals surface area contributed by atoms with E-state index < -0.39 is 0 Å². The van der Waals surface area contributed by atoms with Gasteiger partial charge in [0.25, 0.3) is 0 Å². The molecule has 2 aromatic carbocycles. The molecule has 0 radical (unpaired) electrons. The van der Waals surface area contributed by atoms with Crippen molar-refractivity contribution in [1.82, 2.24) is 0 Å². The van der Waals surface area contributed by atoms with Gasteiger partial charge >= 0.3 is 0 Å². The van der Waals surface area contributed by atoms with Gasteiger partial charge in [-0.1, -0.05) is 12.1 Å². The smallest absolute Gasteiger partial charge is 0.126 e. The first kappa shape index (κ1) is 12.0. The number of aryl methyl sites for hydroxylation is 1. The highest BCUT2D eigenvalue weighted by Crippen LogP contribution is 2.35. The summed E-state index contributed by atoms with van der Waals surface area (Å²) in [6, 6.07) is 10.5. The van der Waals surface area contributed by atoms with E-state index in [1.807, 2.05) is 18.2 Å². The Hall–Kier alpha value is -2.03. The van der Waals surface area contributed by atoms with Gasteiger partial charge in [-0.15, -0.1) is 0 Å². The highest BCUT2D eigenvalue weighted by molar-refractivity contribution is 5.72. The van der Waals surface area contributed by atoms with Crippen molar-refractivity contribution < 1.29 is 13.9 Å². The summed E-state index contributed by atoms with van der Waals surface area (Å²) in [4.78, 5) is 0. The van der Waals surface area contributed by atoms with E-state index in [4.69, 9.17) is 9.47 Å². The number of benzene rings is 2. The summed E-state index contributed by atoms with van der Waals surface area (Å²) in [7, 11) is 1.59. The third-order valence-electron chi connectivity index (χ3n) is 3.39. The van der Waals surface area contributed by atoms with E-state index >= 15 is 0 Å². The van der Waals surface area contributed by atoms with Gasteiger partial charge in [0, 0.05) is 5.56 Å². The van der Waals surface area contributed by atoms with Crippen LogP contribution in [0.15, 0.2) is 36.4 Å². The van der Waals surface area contributed by atoms with E-state index in [2.05, 4.69) is 0 Å². The molecule has 0 unspecified atom stereocenters. The molecule has 0 aliphatic carbocycles. The fraction of sp³-hybridized carbons (Fsp3) is 0.250. The Morgan fingerprint density at radius 2 is 2.05 bits per heavy atom. The van der Waals surface area contributed by atoms with E-state index in [0.717, 1.165) is 36.3 Å². The van der Waals surface area contributed by atoms with Crippen molar-refractivity contribution in [1.29, 1.82) is 0 Å². The highest BCUT2D eigenvalue weighted by Gasteiger charge is 2.13. The van der Waals surface area contributed by atoms with Crippen molar-refractivity contribution in [2.24, 2.45) is 0 Å². The monoisotopic (exact) mass is 258 g/mol. The lowest BCUT2D eigenvalue weighted by Gasteiger charge is -2.18. The summed E-state index contributed by atoms with van der Waals surface area (Å²) >= 11 is 0. The Morgan fingerprint density at radius 3 is 2.89 bits per heavy atom. The molecule has 3 rings (SSSR count). The molecule has 0 amide bonds. The van der Waals surface area contributed by atoms with E-state index in [0.29, 0.717) is 5.75 Å². The van der Waals surface area contributed by atoms with Crippen LogP contribution in [0.2, 0.25) is 0 Å². The highest BCUT2D eigenvalue weighted by atomic mass is 19.1. The lowest BCUT2D eigenvalue weighted by molar-refractivity contribution is 0.288. The summed E-state index contributed by atoms with van der Waals surface area (Å²) < 4.78 is 24.4. The molecule has 0 bridgehead atoms. The zero-order valence-electron chi connectivity index (χ0n) is 10.8. The SMILES string of the molecule is COc1ccc(F)cc1-c1ccc2c(c1)OCCC2. The van der Waals surface area contributed by atoms with Gasteiger partial charge in [0.1, 0.15) is 17.3 Å². The Balaban J connectivity index is 2.09. The molecule has 0 spiro atoms. The van der Waals surface area contributed by atoms with Crippen LogP contribution in [0.3, 0.4) is 0 Å². The number of hydrogen-bond donors (Lipinski definition) is 0. The van der Waals surface area contributed by atoms with Crippen LogP contribution in [-0.2, 0) is 6.42 Å². The zero-order chi connectivity index (χ0) is 13.2. The van der Waals surface area contributed by atoms with Crippen LogP contribution in [-0.4, -0.2) is 13.7 Å². The number of methoxy groups -OCH3 is 1. The molecule has 2 aromatic rings. The molecule has 1 aliphatic rings. The van der Waals surface area contributed by atoms with Gasteiger partial charge in [-0.3, -0.25) is 0 Å². The first-order valence-corrected chi connectivity index (χ1v) is 6.37. The predicted octanol–water partition coefficient (Wildman–Crippen LogP) is 3.83. The average molecular weight is 258 g/mol. The fourth-order valence-corrected chi connectivity index (χ4v) is 2.41. The Morgan fingerprint density at radius 1 is 1.16 bits per heavy atom. The molecule has 1 heterocycles. The van der Waals surface area contributed by atoms with Gasteiger partial charge in [0.2, 0.25) is 0 Å². The van der Waals surface area contributed by atoms with Gasteiger partial charge in [-0.2, -0.15) is 0 Å². The van der Waals surface area contributed by atoms with Crippen molar-refractivity contribution in [3.8, 4) is 22.6 Å². The minimum Gasteiger partial charge on any atom is -0.496 e. The summed E-state index contributed by atoms with van der Waals surface area (Å²) in [6.45, 7) is 0.747. The number of halogens is 1. The molecule has 3 heteroatoms. The van der Waals surface area contributed by atoms with Crippen molar-refractivity contribution in [3.05, 3.63) is 47.8 Å². The molecule has 98 valence electrons. The average Bonchev–Trinajstić information content (AvgIpc) is 2.46. The van der Waals surface area contributed by atoms with Gasteiger partial charge in [0.15, 0.2) is 0 Å². The lowest BCUT2D eigenvalue weighted by Crippen LogP contribution is -2.08. The van der Waals surface area contributed by atoms with Crippen LogP contribution in [0.4, 0.5) is 4.39 Å². The second kappa shape index (κ2) is 4.92. The zero-order valence-corrected chi connectivity index (χ0v) is 10.8. The maximum absolute atomic E-state index is 13.4. The van der Waals surface area contributed by atoms with Crippen LogP contribution in [0, 0.1) is 5.82 Å². The molecule has 0 atom stereocenters. The van der Waals surface area contributed by atoms with Crippen molar-refractivity contribution >= 4 is 0 Å². The molecule has 0 saturated carbocycles. The summed E-state index contributed by atoms with van der Waals surface area (Å²) in [5.74, 6) is 1.29. The van der Waals surface area contributed by atoms with Gasteiger partial charge in [-0.05, 0) is 48.2 Å². The normalized spacial score (nSPS) is 13.6. The topological polar surface area (TPSA) is 18.5 Å². The van der Waals surface area contributed by atoms with Crippen LogP contribution in [0.1, 0.15) is 12.0 Å². The summed E-state index contributed by atoms with van der Waals surface area (Å²) in [6.07, 6.45) is 2.09. The standard InChI is InChI=1S/C16H15FO2/c1-18-15-7-6-13(17)10-14(15)12-5-4-11-3-2-8-19-16(11)9-12/h4-7,9-10H,2-3,8H2,1H3. The molecule has 0 saturated heterocycles. The molecule has 1 aliphatic heterocycles. The fourth-order valence-electron chi connectivity index (χ4n) is 2.41. The third-order valence-corrected chi connectivity index (χ3v) is 3.39. The molecular weight excluding hydrogens is 243 g/mol. The first-order valence-electron chi connectivity index (χ1n) is 6.37. The van der Waals surface area contributed by atoms with Gasteiger partial charge < -0.3 is 9.47 Å². The van der Waals surface area contributed by atoms with Crippen molar-refractivity contribution in [3.63, 3.8) is 0 Å². The Kier molecular flexibility index (Phi) is 3.11.